The number of carbonyl (C=O) groups is 2. The average Bonchev–Trinajstić information content (AvgIpc) is 3.17. The number of aromatic nitrogens is 2. The Morgan fingerprint density at radius 1 is 1.25 bits per heavy atom. The first-order valence-corrected chi connectivity index (χ1v) is 10.5. The summed E-state index contributed by atoms with van der Waals surface area (Å²) in [5.41, 5.74) is 1.28. The molecule has 2 fully saturated rings. The standard InChI is InChI=1S/C22H25N7O3/c1-27-10-11-29(22(27)31)17-4-3-9-28(14-17)19-13-24-18(12-23)20(26-19)25-16-7-5-15(6-8-16)21(30)32-2/h5-8,13,17H,3-4,9-11,14H2,1-2H3,(H,25,26). The molecule has 0 spiro atoms. The van der Waals surface area contributed by atoms with E-state index in [1.807, 2.05) is 11.9 Å². The molecule has 1 unspecified atom stereocenters. The molecular weight excluding hydrogens is 410 g/mol. The number of methoxy groups -OCH3 is 1. The van der Waals surface area contributed by atoms with Crippen LogP contribution in [0, 0.1) is 11.3 Å². The van der Waals surface area contributed by atoms with E-state index in [1.54, 1.807) is 35.4 Å². The Bertz CT molecular complexity index is 1050. The number of carbonyl (C=O) groups excluding carboxylic acids is 2. The van der Waals surface area contributed by atoms with Crippen molar-refractivity contribution in [1.29, 1.82) is 5.26 Å². The maximum atomic E-state index is 12.4. The average molecular weight is 435 g/mol. The first kappa shape index (κ1) is 21.4. The summed E-state index contributed by atoms with van der Waals surface area (Å²) in [7, 11) is 3.16. The largest absolute Gasteiger partial charge is 0.465 e. The molecule has 166 valence electrons. The SMILES string of the molecule is COC(=O)c1ccc(Nc2nc(N3CCCC(N4CCN(C)C4=O)C3)cnc2C#N)cc1. The molecule has 0 radical (unpaired) electrons. The number of benzene rings is 1. The Labute approximate surface area is 186 Å². The van der Waals surface area contributed by atoms with Gasteiger partial charge in [-0.2, -0.15) is 5.26 Å². The third-order valence-electron chi connectivity index (χ3n) is 5.84. The number of nitrogens with zero attached hydrogens (tertiary/aromatic N) is 6. The molecule has 2 amide bonds. The van der Waals surface area contributed by atoms with Gasteiger partial charge in [-0.25, -0.2) is 19.6 Å². The van der Waals surface area contributed by atoms with E-state index in [0.29, 0.717) is 29.4 Å². The van der Waals surface area contributed by atoms with Crippen molar-refractivity contribution in [3.8, 4) is 6.07 Å². The number of piperidine rings is 1. The fourth-order valence-corrected chi connectivity index (χ4v) is 4.07. The molecule has 0 bridgehead atoms. The van der Waals surface area contributed by atoms with Crippen LogP contribution in [-0.2, 0) is 4.74 Å². The number of anilines is 3. The van der Waals surface area contributed by atoms with Crippen LogP contribution in [-0.4, -0.2) is 78.1 Å². The van der Waals surface area contributed by atoms with E-state index in [2.05, 4.69) is 26.3 Å². The van der Waals surface area contributed by atoms with Gasteiger partial charge in [0.15, 0.2) is 11.5 Å². The Hall–Kier alpha value is -3.87. The Balaban J connectivity index is 1.52. The zero-order valence-electron chi connectivity index (χ0n) is 18.1. The van der Waals surface area contributed by atoms with E-state index in [-0.39, 0.29) is 17.8 Å². The van der Waals surface area contributed by atoms with E-state index in [1.165, 1.54) is 7.11 Å². The van der Waals surface area contributed by atoms with Crippen molar-refractivity contribution in [3.63, 3.8) is 0 Å². The summed E-state index contributed by atoms with van der Waals surface area (Å²) in [5, 5.41) is 12.6. The first-order chi connectivity index (χ1) is 15.5. The predicted molar refractivity (Wildman–Crippen MR) is 118 cm³/mol. The molecule has 0 aliphatic carbocycles. The predicted octanol–water partition coefficient (Wildman–Crippen LogP) is 2.21. The molecule has 1 aromatic carbocycles. The Morgan fingerprint density at radius 3 is 2.69 bits per heavy atom. The highest BCUT2D eigenvalue weighted by atomic mass is 16.5. The molecule has 0 saturated carbocycles. The summed E-state index contributed by atoms with van der Waals surface area (Å²) < 4.78 is 4.71. The van der Waals surface area contributed by atoms with Gasteiger partial charge in [-0.15, -0.1) is 0 Å². The molecule has 2 aromatic rings. The van der Waals surface area contributed by atoms with Crippen LogP contribution < -0.4 is 10.2 Å². The minimum atomic E-state index is -0.418. The molecule has 2 aliphatic heterocycles. The normalized spacial score (nSPS) is 18.5. The van der Waals surface area contributed by atoms with Crippen LogP contribution in [0.3, 0.4) is 0 Å². The summed E-state index contributed by atoms with van der Waals surface area (Å²) in [5.74, 6) is 0.579. The number of ether oxygens (including phenoxy) is 1. The van der Waals surface area contributed by atoms with E-state index in [9.17, 15) is 14.9 Å². The molecule has 32 heavy (non-hydrogen) atoms. The minimum absolute atomic E-state index is 0.0699. The van der Waals surface area contributed by atoms with Gasteiger partial charge in [0.2, 0.25) is 0 Å². The highest BCUT2D eigenvalue weighted by Gasteiger charge is 2.34. The molecule has 2 saturated heterocycles. The Morgan fingerprint density at radius 2 is 2.03 bits per heavy atom. The van der Waals surface area contributed by atoms with Gasteiger partial charge in [0.1, 0.15) is 11.9 Å². The second kappa shape index (κ2) is 9.09. The highest BCUT2D eigenvalue weighted by molar-refractivity contribution is 5.89. The van der Waals surface area contributed by atoms with Crippen LogP contribution in [0.4, 0.5) is 22.1 Å². The van der Waals surface area contributed by atoms with Crippen molar-refractivity contribution in [2.45, 2.75) is 18.9 Å². The second-order valence-corrected chi connectivity index (χ2v) is 7.87. The molecular formula is C22H25N7O3. The number of nitriles is 1. The van der Waals surface area contributed by atoms with Crippen LogP contribution in [0.1, 0.15) is 28.9 Å². The summed E-state index contributed by atoms with van der Waals surface area (Å²) >= 11 is 0. The van der Waals surface area contributed by atoms with Crippen LogP contribution in [0.2, 0.25) is 0 Å². The number of urea groups is 1. The molecule has 3 heterocycles. The van der Waals surface area contributed by atoms with Crippen molar-refractivity contribution in [1.82, 2.24) is 19.8 Å². The summed E-state index contributed by atoms with van der Waals surface area (Å²) in [4.78, 5) is 38.8. The quantitative estimate of drug-likeness (QED) is 0.711. The first-order valence-electron chi connectivity index (χ1n) is 10.5. The lowest BCUT2D eigenvalue weighted by Crippen LogP contribution is -2.49. The number of esters is 1. The number of rotatable bonds is 5. The maximum Gasteiger partial charge on any atom is 0.337 e. The molecule has 10 heteroatoms. The topological polar surface area (TPSA) is 115 Å². The van der Waals surface area contributed by atoms with Gasteiger partial charge >= 0.3 is 12.0 Å². The van der Waals surface area contributed by atoms with Crippen molar-refractivity contribution >= 4 is 29.3 Å². The molecule has 1 N–H and O–H groups in total. The van der Waals surface area contributed by atoms with Crippen LogP contribution >= 0.6 is 0 Å². The van der Waals surface area contributed by atoms with Crippen LogP contribution in [0.5, 0.6) is 0 Å². The summed E-state index contributed by atoms with van der Waals surface area (Å²) in [6.07, 6.45) is 3.50. The van der Waals surface area contributed by atoms with Crippen LogP contribution in [0.15, 0.2) is 30.5 Å². The molecule has 1 atom stereocenters. The van der Waals surface area contributed by atoms with Crippen LogP contribution in [0.25, 0.3) is 0 Å². The fourth-order valence-electron chi connectivity index (χ4n) is 4.07. The van der Waals surface area contributed by atoms with E-state index < -0.39 is 5.97 Å². The highest BCUT2D eigenvalue weighted by Crippen LogP contribution is 2.26. The van der Waals surface area contributed by atoms with Gasteiger partial charge in [0.05, 0.1) is 24.9 Å². The third-order valence-corrected chi connectivity index (χ3v) is 5.84. The maximum absolute atomic E-state index is 12.4. The fraction of sp³-hybridized carbons (Fsp3) is 0.409. The monoisotopic (exact) mass is 435 g/mol. The third kappa shape index (κ3) is 4.27. The van der Waals surface area contributed by atoms with E-state index in [0.717, 1.165) is 32.5 Å². The van der Waals surface area contributed by atoms with Crippen molar-refractivity contribution < 1.29 is 14.3 Å². The zero-order chi connectivity index (χ0) is 22.7. The lowest BCUT2D eigenvalue weighted by atomic mass is 10.0. The second-order valence-electron chi connectivity index (χ2n) is 7.87. The van der Waals surface area contributed by atoms with Gasteiger partial charge in [-0.1, -0.05) is 0 Å². The summed E-state index contributed by atoms with van der Waals surface area (Å²) in [6, 6.07) is 8.96. The number of likely N-dealkylation sites (N-methyl/N-ethyl adjacent to an activating group) is 1. The molecule has 2 aliphatic rings. The number of hydrogen-bond donors (Lipinski definition) is 1. The lowest BCUT2D eigenvalue weighted by Gasteiger charge is -2.37. The lowest BCUT2D eigenvalue weighted by molar-refractivity contribution is 0.0600. The van der Waals surface area contributed by atoms with Gasteiger partial charge < -0.3 is 24.8 Å². The number of hydrogen-bond acceptors (Lipinski definition) is 8. The molecule has 4 rings (SSSR count). The van der Waals surface area contributed by atoms with E-state index in [4.69, 9.17) is 4.74 Å². The number of nitrogens with one attached hydrogen (secondary N) is 1. The summed E-state index contributed by atoms with van der Waals surface area (Å²) in [6.45, 7) is 2.96. The Kier molecular flexibility index (Phi) is 6.07. The van der Waals surface area contributed by atoms with Gasteiger partial charge in [0, 0.05) is 38.9 Å². The van der Waals surface area contributed by atoms with Gasteiger partial charge in [0.25, 0.3) is 0 Å². The smallest absolute Gasteiger partial charge is 0.337 e. The van der Waals surface area contributed by atoms with Gasteiger partial charge in [-0.3, -0.25) is 0 Å². The van der Waals surface area contributed by atoms with Crippen molar-refractivity contribution in [2.75, 3.05) is 50.6 Å². The molecule has 1 aromatic heterocycles. The molecule has 10 nitrogen and oxygen atoms in total. The van der Waals surface area contributed by atoms with Crippen molar-refractivity contribution in [3.05, 3.63) is 41.7 Å². The van der Waals surface area contributed by atoms with Gasteiger partial charge in [-0.05, 0) is 37.1 Å². The van der Waals surface area contributed by atoms with Crippen molar-refractivity contribution in [2.24, 2.45) is 0 Å². The van der Waals surface area contributed by atoms with E-state index >= 15 is 0 Å². The number of amides is 2. The zero-order valence-corrected chi connectivity index (χ0v) is 18.1. The minimum Gasteiger partial charge on any atom is -0.465 e.